The number of aromatic amines is 1. The maximum Gasteiger partial charge on any atom is 0.340 e. The van der Waals surface area contributed by atoms with Gasteiger partial charge in [-0.05, 0) is 62.8 Å². The predicted octanol–water partition coefficient (Wildman–Crippen LogP) is 3.34. The largest absolute Gasteiger partial charge is 0.462 e. The number of amides is 2. The number of hydrogen-bond donors (Lipinski definition) is 2. The van der Waals surface area contributed by atoms with Gasteiger partial charge in [0.15, 0.2) is 11.5 Å². The van der Waals surface area contributed by atoms with Crippen molar-refractivity contribution in [3.05, 3.63) is 46.3 Å². The van der Waals surface area contributed by atoms with E-state index in [1.54, 1.807) is 25.7 Å². The van der Waals surface area contributed by atoms with Crippen LogP contribution in [0.25, 0.3) is 0 Å². The number of H-pyrrole nitrogens is 1. The summed E-state index contributed by atoms with van der Waals surface area (Å²) < 4.78 is 15.8. The molecule has 0 radical (unpaired) electrons. The van der Waals surface area contributed by atoms with Gasteiger partial charge >= 0.3 is 5.97 Å². The summed E-state index contributed by atoms with van der Waals surface area (Å²) in [6.45, 7) is 9.29. The molecular weight excluding hydrogens is 450 g/mol. The number of likely N-dealkylation sites (tertiary alicyclic amines) is 1. The SMILES string of the molecule is CCOC(=O)c1c(C)[nH]c(C(=O)N2CCC([C@@H](C)C(=O)NCc3ccc4c(c3)OCO4)CC2)c1C. The van der Waals surface area contributed by atoms with Crippen molar-refractivity contribution >= 4 is 17.8 Å². The number of carbonyl (C=O) groups is 3. The number of esters is 1. The molecule has 9 heteroatoms. The molecular formula is C26H33N3O6. The van der Waals surface area contributed by atoms with Gasteiger partial charge in [-0.1, -0.05) is 13.0 Å². The van der Waals surface area contributed by atoms with Crippen molar-refractivity contribution in [2.24, 2.45) is 11.8 Å². The lowest BCUT2D eigenvalue weighted by atomic mass is 9.84. The van der Waals surface area contributed by atoms with Crippen molar-refractivity contribution in [1.82, 2.24) is 15.2 Å². The van der Waals surface area contributed by atoms with Crippen LogP contribution in [0.4, 0.5) is 0 Å². The Labute approximate surface area is 205 Å². The van der Waals surface area contributed by atoms with Gasteiger partial charge in [0.25, 0.3) is 5.91 Å². The summed E-state index contributed by atoms with van der Waals surface area (Å²) in [6, 6.07) is 5.65. The first-order chi connectivity index (χ1) is 16.8. The molecule has 1 aromatic heterocycles. The second-order valence-corrected chi connectivity index (χ2v) is 9.17. The molecule has 2 aliphatic heterocycles. The molecule has 188 valence electrons. The van der Waals surface area contributed by atoms with E-state index in [0.29, 0.717) is 47.9 Å². The molecule has 0 saturated carbocycles. The summed E-state index contributed by atoms with van der Waals surface area (Å²) in [5, 5.41) is 3.02. The standard InChI is InChI=1S/C26H33N3O6/c1-5-33-26(32)22-16(3)23(28-17(22)4)25(31)29-10-8-19(9-11-29)15(2)24(30)27-13-18-6-7-20-21(12-18)35-14-34-20/h6-7,12,15,19,28H,5,8-11,13-14H2,1-4H3,(H,27,30)/t15-/m1/s1. The fourth-order valence-corrected chi connectivity index (χ4v) is 4.85. The molecule has 1 saturated heterocycles. The number of ether oxygens (including phenoxy) is 3. The molecule has 0 unspecified atom stereocenters. The fourth-order valence-electron chi connectivity index (χ4n) is 4.85. The third-order valence-electron chi connectivity index (χ3n) is 6.98. The number of nitrogens with one attached hydrogen (secondary N) is 2. The number of rotatable bonds is 7. The topological polar surface area (TPSA) is 110 Å². The van der Waals surface area contributed by atoms with E-state index in [4.69, 9.17) is 14.2 Å². The molecule has 2 aromatic rings. The summed E-state index contributed by atoms with van der Waals surface area (Å²) in [5.74, 6) is 0.905. The highest BCUT2D eigenvalue weighted by Gasteiger charge is 2.32. The smallest absolute Gasteiger partial charge is 0.340 e. The molecule has 2 amide bonds. The Morgan fingerprint density at radius 1 is 1.17 bits per heavy atom. The van der Waals surface area contributed by atoms with Crippen LogP contribution in [0.1, 0.15) is 64.4 Å². The molecule has 35 heavy (non-hydrogen) atoms. The van der Waals surface area contributed by atoms with Crippen molar-refractivity contribution in [3.8, 4) is 11.5 Å². The number of benzene rings is 1. The number of aryl methyl sites for hydroxylation is 1. The second-order valence-electron chi connectivity index (χ2n) is 9.17. The molecule has 1 aromatic carbocycles. The Kier molecular flexibility index (Phi) is 7.33. The molecule has 3 heterocycles. The lowest BCUT2D eigenvalue weighted by molar-refractivity contribution is -0.126. The zero-order chi connectivity index (χ0) is 25.1. The highest BCUT2D eigenvalue weighted by molar-refractivity contribution is 6.00. The van der Waals surface area contributed by atoms with Crippen LogP contribution in [0.3, 0.4) is 0 Å². The number of hydrogen-bond acceptors (Lipinski definition) is 6. The van der Waals surface area contributed by atoms with Gasteiger partial charge in [0.05, 0.1) is 12.2 Å². The van der Waals surface area contributed by atoms with Gasteiger partial charge in [-0.3, -0.25) is 9.59 Å². The number of nitrogens with zero attached hydrogens (tertiary/aromatic N) is 1. The number of aromatic nitrogens is 1. The van der Waals surface area contributed by atoms with Crippen molar-refractivity contribution in [2.45, 2.75) is 47.1 Å². The molecule has 1 atom stereocenters. The molecule has 2 N–H and O–H groups in total. The van der Waals surface area contributed by atoms with Crippen molar-refractivity contribution in [3.63, 3.8) is 0 Å². The first-order valence-corrected chi connectivity index (χ1v) is 12.1. The van der Waals surface area contributed by atoms with Crippen LogP contribution >= 0.6 is 0 Å². The van der Waals surface area contributed by atoms with Crippen LogP contribution in [0.5, 0.6) is 11.5 Å². The number of piperidine rings is 1. The molecule has 0 spiro atoms. The summed E-state index contributed by atoms with van der Waals surface area (Å²) in [6.07, 6.45) is 1.49. The number of carbonyl (C=O) groups excluding carboxylic acids is 3. The van der Waals surface area contributed by atoms with Gasteiger partial charge in [-0.15, -0.1) is 0 Å². The average molecular weight is 484 g/mol. The minimum Gasteiger partial charge on any atom is -0.462 e. The van der Waals surface area contributed by atoms with Crippen LogP contribution in [-0.2, 0) is 16.1 Å². The minimum atomic E-state index is -0.419. The van der Waals surface area contributed by atoms with Gasteiger partial charge in [-0.25, -0.2) is 4.79 Å². The van der Waals surface area contributed by atoms with Crippen LogP contribution in [0.15, 0.2) is 18.2 Å². The number of fused-ring (bicyclic) bond motifs is 1. The highest BCUT2D eigenvalue weighted by atomic mass is 16.7. The summed E-state index contributed by atoms with van der Waals surface area (Å²) in [5.41, 5.74) is 3.06. The zero-order valence-electron chi connectivity index (χ0n) is 20.7. The molecule has 1 fully saturated rings. The van der Waals surface area contributed by atoms with E-state index in [2.05, 4.69) is 10.3 Å². The third kappa shape index (κ3) is 5.13. The Morgan fingerprint density at radius 2 is 1.89 bits per heavy atom. The van der Waals surface area contributed by atoms with Crippen LogP contribution in [0.2, 0.25) is 0 Å². The predicted molar refractivity (Wildman–Crippen MR) is 128 cm³/mol. The van der Waals surface area contributed by atoms with Crippen molar-refractivity contribution in [1.29, 1.82) is 0 Å². The Morgan fingerprint density at radius 3 is 2.60 bits per heavy atom. The molecule has 4 rings (SSSR count). The van der Waals surface area contributed by atoms with Gasteiger partial charge in [-0.2, -0.15) is 0 Å². The quantitative estimate of drug-likeness (QED) is 0.585. The van der Waals surface area contributed by atoms with Gasteiger partial charge in [0.1, 0.15) is 5.69 Å². The first-order valence-electron chi connectivity index (χ1n) is 12.1. The minimum absolute atomic E-state index is 0.00218. The summed E-state index contributed by atoms with van der Waals surface area (Å²) >= 11 is 0. The fraction of sp³-hybridized carbons (Fsp3) is 0.500. The van der Waals surface area contributed by atoms with Crippen LogP contribution in [-0.4, -0.2) is 54.2 Å². The Balaban J connectivity index is 1.30. The molecule has 9 nitrogen and oxygen atoms in total. The van der Waals surface area contributed by atoms with Gasteiger partial charge in [0, 0.05) is 31.2 Å². The maximum atomic E-state index is 13.2. The lowest BCUT2D eigenvalue weighted by Gasteiger charge is -2.34. The lowest BCUT2D eigenvalue weighted by Crippen LogP contribution is -2.42. The first kappa shape index (κ1) is 24.6. The Hall–Kier alpha value is -3.49. The van der Waals surface area contributed by atoms with E-state index in [0.717, 1.165) is 24.2 Å². The van der Waals surface area contributed by atoms with Gasteiger partial charge in [0.2, 0.25) is 12.7 Å². The second kappa shape index (κ2) is 10.4. The molecule has 0 bridgehead atoms. The van der Waals surface area contributed by atoms with Crippen molar-refractivity contribution in [2.75, 3.05) is 26.5 Å². The molecule has 2 aliphatic rings. The normalized spacial score (nSPS) is 16.2. The van der Waals surface area contributed by atoms with Crippen molar-refractivity contribution < 1.29 is 28.6 Å². The summed E-state index contributed by atoms with van der Waals surface area (Å²) in [4.78, 5) is 43.1. The molecule has 0 aliphatic carbocycles. The van der Waals surface area contributed by atoms with E-state index < -0.39 is 5.97 Å². The summed E-state index contributed by atoms with van der Waals surface area (Å²) in [7, 11) is 0. The van der Waals surface area contributed by atoms with E-state index in [-0.39, 0.29) is 37.0 Å². The average Bonchev–Trinajstić information content (AvgIpc) is 3.44. The van der Waals surface area contributed by atoms with E-state index in [1.165, 1.54) is 0 Å². The Bertz CT molecular complexity index is 1120. The van der Waals surface area contributed by atoms with E-state index >= 15 is 0 Å². The van der Waals surface area contributed by atoms with Gasteiger partial charge < -0.3 is 29.4 Å². The van der Waals surface area contributed by atoms with Crippen LogP contribution in [0, 0.1) is 25.7 Å². The maximum absolute atomic E-state index is 13.2. The van der Waals surface area contributed by atoms with E-state index in [1.807, 2.05) is 25.1 Å². The monoisotopic (exact) mass is 483 g/mol. The van der Waals surface area contributed by atoms with Crippen LogP contribution < -0.4 is 14.8 Å². The third-order valence-corrected chi connectivity index (χ3v) is 6.98. The zero-order valence-corrected chi connectivity index (χ0v) is 20.7. The highest BCUT2D eigenvalue weighted by Crippen LogP contribution is 2.32. The van der Waals surface area contributed by atoms with E-state index in [9.17, 15) is 14.4 Å².